The quantitative estimate of drug-likeness (QED) is 0.901. The van der Waals surface area contributed by atoms with Gasteiger partial charge in [-0.1, -0.05) is 17.7 Å². The minimum Gasteiger partial charge on any atom is -0.346 e. The molecule has 1 aromatic carbocycles. The summed E-state index contributed by atoms with van der Waals surface area (Å²) < 4.78 is 13.5. The molecule has 0 atom stereocenters. The van der Waals surface area contributed by atoms with Crippen LogP contribution in [0.15, 0.2) is 42.6 Å². The summed E-state index contributed by atoms with van der Waals surface area (Å²) in [6.07, 6.45) is 1.65. The van der Waals surface area contributed by atoms with Gasteiger partial charge in [-0.3, -0.25) is 9.78 Å². The molecule has 3 nitrogen and oxygen atoms in total. The number of pyridine rings is 1. The first kappa shape index (κ1) is 12.2. The van der Waals surface area contributed by atoms with Crippen molar-refractivity contribution in [2.45, 2.75) is 13.5 Å². The van der Waals surface area contributed by atoms with E-state index in [1.54, 1.807) is 24.4 Å². The van der Waals surface area contributed by atoms with Crippen LogP contribution in [0.1, 0.15) is 21.6 Å². The highest BCUT2D eigenvalue weighted by molar-refractivity contribution is 5.94. The Hall–Kier alpha value is -2.23. The van der Waals surface area contributed by atoms with Gasteiger partial charge in [-0.25, -0.2) is 4.39 Å². The minimum absolute atomic E-state index is 0.0610. The third kappa shape index (κ3) is 2.91. The smallest absolute Gasteiger partial charge is 0.254 e. The second-order valence-corrected chi connectivity index (χ2v) is 3.99. The molecular weight excluding hydrogens is 231 g/mol. The summed E-state index contributed by atoms with van der Waals surface area (Å²) in [5.74, 6) is -0.944. The van der Waals surface area contributed by atoms with Gasteiger partial charge in [0.05, 0.1) is 17.8 Å². The normalized spacial score (nSPS) is 10.1. The van der Waals surface area contributed by atoms with Crippen LogP contribution in [0.5, 0.6) is 0 Å². The number of nitrogens with one attached hydrogen (secondary N) is 1. The number of carbonyl (C=O) groups is 1. The number of benzene rings is 1. The van der Waals surface area contributed by atoms with E-state index in [4.69, 9.17) is 0 Å². The lowest BCUT2D eigenvalue weighted by Gasteiger charge is -2.06. The first-order valence-corrected chi connectivity index (χ1v) is 5.61. The summed E-state index contributed by atoms with van der Waals surface area (Å²) in [4.78, 5) is 15.9. The maximum Gasteiger partial charge on any atom is 0.254 e. The largest absolute Gasteiger partial charge is 0.346 e. The van der Waals surface area contributed by atoms with Crippen LogP contribution in [-0.2, 0) is 6.54 Å². The van der Waals surface area contributed by atoms with Crippen molar-refractivity contribution in [1.29, 1.82) is 0 Å². The molecule has 0 fully saturated rings. The second kappa shape index (κ2) is 5.40. The third-order valence-electron chi connectivity index (χ3n) is 2.52. The lowest BCUT2D eigenvalue weighted by atomic mass is 10.1. The van der Waals surface area contributed by atoms with Gasteiger partial charge in [-0.15, -0.1) is 0 Å². The van der Waals surface area contributed by atoms with E-state index in [9.17, 15) is 9.18 Å². The molecule has 0 aliphatic rings. The van der Waals surface area contributed by atoms with Crippen molar-refractivity contribution in [3.05, 3.63) is 65.2 Å². The molecule has 4 heteroatoms. The highest BCUT2D eigenvalue weighted by atomic mass is 19.1. The van der Waals surface area contributed by atoms with Crippen LogP contribution in [0.2, 0.25) is 0 Å². The summed E-state index contributed by atoms with van der Waals surface area (Å²) in [6.45, 7) is 2.10. The number of rotatable bonds is 3. The van der Waals surface area contributed by atoms with Gasteiger partial charge in [-0.2, -0.15) is 0 Å². The molecule has 1 aromatic heterocycles. The number of carbonyl (C=O) groups excluding carboxylic acids is 1. The predicted octanol–water partition coefficient (Wildman–Crippen LogP) is 2.46. The zero-order valence-electron chi connectivity index (χ0n) is 9.98. The fourth-order valence-corrected chi connectivity index (χ4v) is 1.58. The van der Waals surface area contributed by atoms with E-state index < -0.39 is 11.7 Å². The van der Waals surface area contributed by atoms with Crippen molar-refractivity contribution in [2.24, 2.45) is 0 Å². The molecule has 92 valence electrons. The molecule has 0 unspecified atom stereocenters. The van der Waals surface area contributed by atoms with Gasteiger partial charge in [-0.05, 0) is 31.2 Å². The molecule has 0 radical (unpaired) electrons. The Bertz CT molecular complexity index is 555. The zero-order chi connectivity index (χ0) is 13.0. The van der Waals surface area contributed by atoms with E-state index in [0.717, 1.165) is 11.3 Å². The Morgan fingerprint density at radius 2 is 2.17 bits per heavy atom. The van der Waals surface area contributed by atoms with Crippen molar-refractivity contribution in [2.75, 3.05) is 0 Å². The van der Waals surface area contributed by atoms with E-state index in [2.05, 4.69) is 10.3 Å². The summed E-state index contributed by atoms with van der Waals surface area (Å²) in [6, 6.07) is 9.89. The Morgan fingerprint density at radius 1 is 1.33 bits per heavy atom. The van der Waals surface area contributed by atoms with Crippen molar-refractivity contribution >= 4 is 5.91 Å². The van der Waals surface area contributed by atoms with Crippen LogP contribution in [0.4, 0.5) is 4.39 Å². The summed E-state index contributed by atoms with van der Waals surface area (Å²) >= 11 is 0. The molecule has 0 bridgehead atoms. The van der Waals surface area contributed by atoms with E-state index in [-0.39, 0.29) is 12.1 Å². The molecule has 18 heavy (non-hydrogen) atoms. The lowest BCUT2D eigenvalue weighted by molar-refractivity contribution is 0.0946. The van der Waals surface area contributed by atoms with E-state index in [1.165, 1.54) is 12.1 Å². The minimum atomic E-state index is -0.515. The molecule has 0 saturated carbocycles. The molecule has 0 saturated heterocycles. The summed E-state index contributed by atoms with van der Waals surface area (Å²) in [7, 11) is 0. The topological polar surface area (TPSA) is 42.0 Å². The Balaban J connectivity index is 2.06. The van der Waals surface area contributed by atoms with Crippen molar-refractivity contribution < 1.29 is 9.18 Å². The lowest BCUT2D eigenvalue weighted by Crippen LogP contribution is -2.24. The summed E-state index contributed by atoms with van der Waals surface area (Å²) in [5.41, 5.74) is 1.64. The van der Waals surface area contributed by atoms with Crippen LogP contribution >= 0.6 is 0 Å². The first-order valence-electron chi connectivity index (χ1n) is 5.61. The SMILES string of the molecule is Cc1ccc(F)c(C(=O)NCc2ccccn2)c1. The number of hydrogen-bond donors (Lipinski definition) is 1. The number of hydrogen-bond acceptors (Lipinski definition) is 2. The predicted molar refractivity (Wildman–Crippen MR) is 66.5 cm³/mol. The van der Waals surface area contributed by atoms with Crippen LogP contribution in [0.25, 0.3) is 0 Å². The summed E-state index contributed by atoms with van der Waals surface area (Å²) in [5, 5.41) is 2.64. The molecule has 2 aromatic rings. The number of aryl methyl sites for hydroxylation is 1. The average Bonchev–Trinajstić information content (AvgIpc) is 2.40. The second-order valence-electron chi connectivity index (χ2n) is 3.99. The number of nitrogens with zero attached hydrogens (tertiary/aromatic N) is 1. The fourth-order valence-electron chi connectivity index (χ4n) is 1.58. The zero-order valence-corrected chi connectivity index (χ0v) is 9.98. The Kier molecular flexibility index (Phi) is 3.67. The highest BCUT2D eigenvalue weighted by Gasteiger charge is 2.11. The van der Waals surface area contributed by atoms with Crippen molar-refractivity contribution in [3.63, 3.8) is 0 Å². The highest BCUT2D eigenvalue weighted by Crippen LogP contribution is 2.10. The van der Waals surface area contributed by atoms with Crippen LogP contribution in [-0.4, -0.2) is 10.9 Å². The number of aromatic nitrogens is 1. The average molecular weight is 244 g/mol. The number of halogens is 1. The van der Waals surface area contributed by atoms with Gasteiger partial charge in [0.2, 0.25) is 0 Å². The molecular formula is C14H13FN2O. The van der Waals surface area contributed by atoms with Crippen LogP contribution in [0.3, 0.4) is 0 Å². The Labute approximate surface area is 105 Å². The van der Waals surface area contributed by atoms with Gasteiger partial charge in [0, 0.05) is 6.20 Å². The number of amides is 1. The van der Waals surface area contributed by atoms with Gasteiger partial charge in [0.1, 0.15) is 5.82 Å². The Morgan fingerprint density at radius 3 is 2.89 bits per heavy atom. The van der Waals surface area contributed by atoms with E-state index >= 15 is 0 Å². The van der Waals surface area contributed by atoms with Crippen LogP contribution < -0.4 is 5.32 Å². The van der Waals surface area contributed by atoms with E-state index in [1.807, 2.05) is 13.0 Å². The maximum atomic E-state index is 13.5. The fraction of sp³-hybridized carbons (Fsp3) is 0.143. The maximum absolute atomic E-state index is 13.5. The monoisotopic (exact) mass is 244 g/mol. The van der Waals surface area contributed by atoms with E-state index in [0.29, 0.717) is 0 Å². The molecule has 2 rings (SSSR count). The van der Waals surface area contributed by atoms with Gasteiger partial charge in [0.25, 0.3) is 5.91 Å². The van der Waals surface area contributed by atoms with Gasteiger partial charge < -0.3 is 5.32 Å². The van der Waals surface area contributed by atoms with Crippen LogP contribution in [0, 0.1) is 12.7 Å². The molecule has 0 aliphatic heterocycles. The standard InChI is InChI=1S/C14H13FN2O/c1-10-5-6-13(15)12(8-10)14(18)17-9-11-4-2-3-7-16-11/h2-8H,9H2,1H3,(H,17,18). The molecule has 0 spiro atoms. The first-order chi connectivity index (χ1) is 8.66. The third-order valence-corrected chi connectivity index (χ3v) is 2.52. The van der Waals surface area contributed by atoms with Gasteiger partial charge in [0.15, 0.2) is 0 Å². The molecule has 0 aliphatic carbocycles. The molecule has 1 amide bonds. The van der Waals surface area contributed by atoms with Crippen molar-refractivity contribution in [1.82, 2.24) is 10.3 Å². The van der Waals surface area contributed by atoms with Gasteiger partial charge >= 0.3 is 0 Å². The molecule has 1 N–H and O–H groups in total. The van der Waals surface area contributed by atoms with Crippen molar-refractivity contribution in [3.8, 4) is 0 Å². The molecule has 1 heterocycles.